The van der Waals surface area contributed by atoms with E-state index in [1.165, 1.54) is 18.3 Å². The molecule has 2 unspecified atom stereocenters. The Balaban J connectivity index is 1.32. The zero-order chi connectivity index (χ0) is 24.7. The lowest BCUT2D eigenvalue weighted by Crippen LogP contribution is -2.61. The predicted molar refractivity (Wildman–Crippen MR) is 135 cm³/mol. The topological polar surface area (TPSA) is 110 Å². The smallest absolute Gasteiger partial charge is 0.280 e. The van der Waals surface area contributed by atoms with Crippen LogP contribution in [0.4, 0.5) is 0 Å². The van der Waals surface area contributed by atoms with E-state index in [1.54, 1.807) is 23.1 Å². The van der Waals surface area contributed by atoms with Gasteiger partial charge in [0.1, 0.15) is 5.69 Å². The summed E-state index contributed by atoms with van der Waals surface area (Å²) in [5.41, 5.74) is 2.19. The summed E-state index contributed by atoms with van der Waals surface area (Å²) < 4.78 is 0. The number of carbonyl (C=O) groups excluding carboxylic acids is 3. The van der Waals surface area contributed by atoms with Gasteiger partial charge >= 0.3 is 0 Å². The second-order valence-corrected chi connectivity index (χ2v) is 10.7. The Bertz CT molecular complexity index is 1300. The number of hydrogen-bond donors (Lipinski definition) is 3. The van der Waals surface area contributed by atoms with E-state index in [1.807, 2.05) is 6.07 Å². The molecule has 1 aromatic carbocycles. The summed E-state index contributed by atoms with van der Waals surface area (Å²) in [7, 11) is 2.06. The molecule has 3 aromatic rings. The molecule has 0 bridgehead atoms. The lowest BCUT2D eigenvalue weighted by molar-refractivity contribution is -0.130. The van der Waals surface area contributed by atoms with Crippen LogP contribution in [0.2, 0.25) is 5.02 Å². The Hall–Kier alpha value is -2.95. The molecule has 1 fully saturated rings. The normalized spacial score (nSPS) is 20.5. The minimum atomic E-state index is -0.445. The van der Waals surface area contributed by atoms with Gasteiger partial charge in [0.25, 0.3) is 11.8 Å². The number of piperidine rings is 1. The number of fused-ring (bicyclic) bond motifs is 2. The molecule has 1 saturated heterocycles. The quantitative estimate of drug-likeness (QED) is 0.495. The molecular formula is C24H27ClN6O3S. The van der Waals surface area contributed by atoms with Crippen LogP contribution < -0.4 is 10.6 Å². The number of amides is 3. The van der Waals surface area contributed by atoms with Crippen molar-refractivity contribution in [2.75, 3.05) is 26.7 Å². The van der Waals surface area contributed by atoms with Crippen LogP contribution in [0.3, 0.4) is 0 Å². The Morgan fingerprint density at radius 1 is 1.14 bits per heavy atom. The van der Waals surface area contributed by atoms with Crippen LogP contribution in [0, 0.1) is 0 Å². The maximum absolute atomic E-state index is 13.1. The van der Waals surface area contributed by atoms with Gasteiger partial charge in [-0.05, 0) is 37.7 Å². The van der Waals surface area contributed by atoms with Gasteiger partial charge in [-0.1, -0.05) is 11.6 Å². The van der Waals surface area contributed by atoms with E-state index in [2.05, 4.69) is 32.5 Å². The first kappa shape index (κ1) is 23.8. The minimum Gasteiger partial charge on any atom is -0.351 e. The van der Waals surface area contributed by atoms with Crippen LogP contribution >= 0.6 is 22.9 Å². The summed E-state index contributed by atoms with van der Waals surface area (Å²) in [5.74, 6) is -0.612. The van der Waals surface area contributed by atoms with Crippen molar-refractivity contribution >= 4 is 51.6 Å². The van der Waals surface area contributed by atoms with Crippen molar-refractivity contribution in [2.45, 2.75) is 38.4 Å². The van der Waals surface area contributed by atoms with E-state index in [9.17, 15) is 14.4 Å². The number of carbonyl (C=O) groups is 3. The van der Waals surface area contributed by atoms with Gasteiger partial charge in [-0.3, -0.25) is 14.4 Å². The van der Waals surface area contributed by atoms with E-state index >= 15 is 0 Å². The highest BCUT2D eigenvalue weighted by molar-refractivity contribution is 7.13. The number of likely N-dealkylation sites (N-methyl/N-ethyl adjacent to an activating group) is 1. The fraction of sp³-hybridized carbons (Fsp3) is 0.417. The zero-order valence-electron chi connectivity index (χ0n) is 19.6. The van der Waals surface area contributed by atoms with Crippen LogP contribution in [0.15, 0.2) is 24.3 Å². The van der Waals surface area contributed by atoms with E-state index < -0.39 is 6.04 Å². The van der Waals surface area contributed by atoms with Gasteiger partial charge in [0.2, 0.25) is 5.91 Å². The van der Waals surface area contributed by atoms with Crippen molar-refractivity contribution in [1.29, 1.82) is 0 Å². The van der Waals surface area contributed by atoms with Crippen molar-refractivity contribution in [3.8, 4) is 0 Å². The third-order valence-electron chi connectivity index (χ3n) is 6.63. The molecule has 4 heterocycles. The van der Waals surface area contributed by atoms with Crippen LogP contribution in [0.1, 0.15) is 44.2 Å². The molecule has 0 saturated carbocycles. The number of benzene rings is 1. The maximum atomic E-state index is 13.1. The third-order valence-corrected chi connectivity index (χ3v) is 7.95. The highest BCUT2D eigenvalue weighted by Crippen LogP contribution is 2.25. The molecule has 184 valence electrons. The number of nitrogens with one attached hydrogen (secondary N) is 3. The second-order valence-electron chi connectivity index (χ2n) is 9.20. The number of likely N-dealkylation sites (tertiary alicyclic amines) is 1. The summed E-state index contributed by atoms with van der Waals surface area (Å²) in [4.78, 5) is 50.9. The van der Waals surface area contributed by atoms with Crippen LogP contribution in [0.25, 0.3) is 10.9 Å². The standard InChI is InChI=1S/C24H27ClN6O3S/c1-13(32)31-8-6-17(27-23(34)24-29-18-5-7-30(2)12-21(18)35-24)20(11-31)28-22(33)19-10-14-9-15(25)3-4-16(14)26-19/h3-4,9-10,17,20,26H,5-8,11-12H2,1-2H3,(H,27,34)(H,28,33). The highest BCUT2D eigenvalue weighted by Gasteiger charge is 2.34. The molecule has 9 nitrogen and oxygen atoms in total. The Kier molecular flexibility index (Phi) is 6.52. The van der Waals surface area contributed by atoms with E-state index in [-0.39, 0.29) is 23.8 Å². The Labute approximate surface area is 211 Å². The molecule has 0 spiro atoms. The first-order valence-corrected chi connectivity index (χ1v) is 12.8. The van der Waals surface area contributed by atoms with Gasteiger partial charge in [0.05, 0.1) is 17.8 Å². The largest absolute Gasteiger partial charge is 0.351 e. The summed E-state index contributed by atoms with van der Waals surface area (Å²) in [5, 5.41) is 7.96. The van der Waals surface area contributed by atoms with Crippen molar-refractivity contribution in [3.05, 3.63) is 50.6 Å². The number of thiazole rings is 1. The molecule has 2 aliphatic rings. The Morgan fingerprint density at radius 3 is 2.74 bits per heavy atom. The van der Waals surface area contributed by atoms with Crippen molar-refractivity contribution in [2.24, 2.45) is 0 Å². The second kappa shape index (κ2) is 9.60. The van der Waals surface area contributed by atoms with Gasteiger partial charge in [0.15, 0.2) is 5.01 Å². The van der Waals surface area contributed by atoms with Crippen LogP contribution in [-0.4, -0.2) is 76.3 Å². The van der Waals surface area contributed by atoms with Gasteiger partial charge in [-0.2, -0.15) is 0 Å². The average Bonchev–Trinajstić information content (AvgIpc) is 3.43. The van der Waals surface area contributed by atoms with Gasteiger partial charge in [-0.25, -0.2) is 4.98 Å². The number of H-pyrrole nitrogens is 1. The van der Waals surface area contributed by atoms with Crippen molar-refractivity contribution in [1.82, 2.24) is 30.4 Å². The number of aromatic amines is 1. The first-order chi connectivity index (χ1) is 16.8. The molecule has 0 aliphatic carbocycles. The minimum absolute atomic E-state index is 0.0639. The van der Waals surface area contributed by atoms with Crippen LogP contribution in [0.5, 0.6) is 0 Å². The molecule has 2 atom stereocenters. The number of aromatic nitrogens is 2. The van der Waals surface area contributed by atoms with Crippen LogP contribution in [-0.2, 0) is 17.8 Å². The molecule has 11 heteroatoms. The van der Waals surface area contributed by atoms with E-state index in [0.29, 0.717) is 35.2 Å². The van der Waals surface area contributed by atoms with Gasteiger partial charge in [-0.15, -0.1) is 11.3 Å². The average molecular weight is 515 g/mol. The number of hydrogen-bond acceptors (Lipinski definition) is 6. The number of halogens is 1. The fourth-order valence-electron chi connectivity index (χ4n) is 4.68. The zero-order valence-corrected chi connectivity index (χ0v) is 21.1. The molecule has 35 heavy (non-hydrogen) atoms. The molecule has 0 radical (unpaired) electrons. The summed E-state index contributed by atoms with van der Waals surface area (Å²) in [6.07, 6.45) is 1.37. The lowest BCUT2D eigenvalue weighted by Gasteiger charge is -2.38. The fourth-order valence-corrected chi connectivity index (χ4v) is 5.95. The predicted octanol–water partition coefficient (Wildman–Crippen LogP) is 2.41. The summed E-state index contributed by atoms with van der Waals surface area (Å²) in [6.45, 7) is 4.06. The maximum Gasteiger partial charge on any atom is 0.280 e. The van der Waals surface area contributed by atoms with Gasteiger partial charge < -0.3 is 25.4 Å². The molecular weight excluding hydrogens is 488 g/mol. The third kappa shape index (κ3) is 5.05. The van der Waals surface area contributed by atoms with Crippen molar-refractivity contribution < 1.29 is 14.4 Å². The SMILES string of the molecule is CC(=O)N1CCC(NC(=O)c2nc3c(s2)CN(C)CC3)C(NC(=O)c2cc3cc(Cl)ccc3[nH]2)C1. The highest BCUT2D eigenvalue weighted by atomic mass is 35.5. The first-order valence-electron chi connectivity index (χ1n) is 11.6. The van der Waals surface area contributed by atoms with Crippen molar-refractivity contribution in [3.63, 3.8) is 0 Å². The number of rotatable bonds is 4. The molecule has 3 amide bonds. The molecule has 5 rings (SSSR count). The summed E-state index contributed by atoms with van der Waals surface area (Å²) in [6, 6.07) is 6.34. The Morgan fingerprint density at radius 2 is 1.94 bits per heavy atom. The molecule has 2 aromatic heterocycles. The van der Waals surface area contributed by atoms with E-state index in [0.717, 1.165) is 41.0 Å². The van der Waals surface area contributed by atoms with E-state index in [4.69, 9.17) is 11.6 Å². The number of nitrogens with zero attached hydrogens (tertiary/aromatic N) is 3. The monoisotopic (exact) mass is 514 g/mol. The molecule has 3 N–H and O–H groups in total. The lowest BCUT2D eigenvalue weighted by atomic mass is 9.98. The van der Waals surface area contributed by atoms with Gasteiger partial charge in [0, 0.05) is 60.3 Å². The molecule has 2 aliphatic heterocycles. The summed E-state index contributed by atoms with van der Waals surface area (Å²) >= 11 is 7.49.